The largest absolute Gasteiger partial charge is 1.00 e. The molecule has 1 aliphatic rings. The number of esters is 1. The molecule has 0 unspecified atom stereocenters. The zero-order chi connectivity index (χ0) is 30.3. The monoisotopic (exact) mass is 657 g/mol. The van der Waals surface area contributed by atoms with Crippen molar-refractivity contribution in [3.05, 3.63) is 105 Å². The predicted octanol–water partition coefficient (Wildman–Crippen LogP) is 0.831. The predicted molar refractivity (Wildman–Crippen MR) is 144 cm³/mol. The Labute approximate surface area is 255 Å². The van der Waals surface area contributed by atoms with E-state index in [9.17, 15) is 28.0 Å². The zero-order valence-electron chi connectivity index (χ0n) is 23.6. The number of fused-ring (bicyclic) bond motifs is 1. The minimum Gasteiger partial charge on any atom is -1.00 e. The van der Waals surface area contributed by atoms with Gasteiger partial charge < -0.3 is 21.7 Å². The Balaban J connectivity index is 0.00000423. The highest BCUT2D eigenvalue weighted by Crippen LogP contribution is 2.43. The molecule has 14 heteroatoms. The molecule has 10 nitrogen and oxygen atoms in total. The summed E-state index contributed by atoms with van der Waals surface area (Å²) in [4.78, 5) is 28.0. The van der Waals surface area contributed by atoms with E-state index in [-0.39, 0.29) is 39.9 Å². The van der Waals surface area contributed by atoms with E-state index in [1.54, 1.807) is 25.1 Å². The van der Waals surface area contributed by atoms with Gasteiger partial charge in [0.15, 0.2) is 0 Å². The van der Waals surface area contributed by atoms with Crippen molar-refractivity contribution in [2.45, 2.75) is 39.0 Å². The van der Waals surface area contributed by atoms with Crippen LogP contribution >= 0.6 is 0 Å². The van der Waals surface area contributed by atoms with Gasteiger partial charge in [-0.2, -0.15) is 18.4 Å². The Hall–Kier alpha value is -4.64. The Morgan fingerprint density at radius 1 is 1.21 bits per heavy atom. The number of hydrogen-bond acceptors (Lipinski definition) is 6. The Morgan fingerprint density at radius 3 is 2.58 bits per heavy atom. The quantitative estimate of drug-likeness (QED) is 0.243. The van der Waals surface area contributed by atoms with E-state index in [1.165, 1.54) is 28.7 Å². The molecule has 2 aromatic carbocycles. The van der Waals surface area contributed by atoms with Crippen LogP contribution in [0.1, 0.15) is 41.0 Å². The summed E-state index contributed by atoms with van der Waals surface area (Å²) in [5, 5.41) is 16.2. The average Bonchev–Trinajstić information content (AvgIpc) is 3.51. The van der Waals surface area contributed by atoms with Gasteiger partial charge in [0, 0.05) is 24.7 Å². The summed E-state index contributed by atoms with van der Waals surface area (Å²) < 4.78 is 51.1. The van der Waals surface area contributed by atoms with Crippen molar-refractivity contribution in [3.8, 4) is 6.07 Å². The number of aryl methyl sites for hydroxylation is 3. The first-order chi connectivity index (χ1) is 20.0. The van der Waals surface area contributed by atoms with Crippen molar-refractivity contribution in [1.82, 2.24) is 19.3 Å². The number of anilines is 2. The van der Waals surface area contributed by atoms with Crippen LogP contribution in [-0.4, -0.2) is 32.4 Å². The summed E-state index contributed by atoms with van der Waals surface area (Å²) in [6.07, 6.45) is -0.317. The third-order valence-electron chi connectivity index (χ3n) is 7.56. The molecule has 2 aromatic heterocycles. The van der Waals surface area contributed by atoms with Gasteiger partial charge in [0.05, 0.1) is 43.5 Å². The van der Waals surface area contributed by atoms with Crippen LogP contribution in [0.2, 0.25) is 0 Å². The van der Waals surface area contributed by atoms with E-state index < -0.39 is 29.4 Å². The van der Waals surface area contributed by atoms with Gasteiger partial charge in [0.25, 0.3) is 5.82 Å². The molecule has 1 N–H and O–H groups in total. The van der Waals surface area contributed by atoms with Crippen LogP contribution in [-0.2, 0) is 35.7 Å². The second-order valence-corrected chi connectivity index (χ2v) is 9.90. The van der Waals surface area contributed by atoms with E-state index in [0.717, 1.165) is 18.0 Å². The lowest BCUT2D eigenvalue weighted by molar-refractivity contribution is -0.701. The van der Waals surface area contributed by atoms with Crippen molar-refractivity contribution in [2.75, 3.05) is 12.0 Å². The number of rotatable bonds is 6. The smallest absolute Gasteiger partial charge is 0.416 e. The number of allylic oxidation sites excluding steroid dienone is 1. The van der Waals surface area contributed by atoms with Gasteiger partial charge in [0.2, 0.25) is 5.95 Å². The number of benzene rings is 2. The molecular weight excluding hydrogens is 631 g/mol. The summed E-state index contributed by atoms with van der Waals surface area (Å²) in [7, 11) is 3.12. The third-order valence-corrected chi connectivity index (χ3v) is 7.56. The molecule has 0 radical (unpaired) electrons. The number of methoxy groups -OCH3 is 1. The summed E-state index contributed by atoms with van der Waals surface area (Å²) >= 11 is 0. The molecule has 224 valence electrons. The number of imidazole rings is 1. The van der Waals surface area contributed by atoms with Crippen molar-refractivity contribution >= 4 is 17.6 Å². The lowest BCUT2D eigenvalue weighted by Gasteiger charge is -2.36. The molecule has 0 bridgehead atoms. The molecule has 3 heterocycles. The van der Waals surface area contributed by atoms with Crippen LogP contribution in [0.3, 0.4) is 0 Å². The number of hydrogen-bond donors (Lipinski definition) is 1. The van der Waals surface area contributed by atoms with E-state index in [4.69, 9.17) is 4.74 Å². The molecule has 0 saturated heterocycles. The molecule has 1 aliphatic heterocycles. The topological polar surface area (TPSA) is 113 Å². The standard InChI is InChI=1S/C29H26F3N7O3.BrH/c1-17-24(26(40)42-4)25(23-9-8-19(16-33)14-20(23)10-11-37-13-12-36(3)18(37)2)39-27(34-35-28(39)41)38(17)22-7-5-6-21(15-22)29(30,31)32;/h5-9,12-15,25H,10-11H2,1-4H3;1H/t25-;/m1./s1. The van der Waals surface area contributed by atoms with Crippen molar-refractivity contribution in [2.24, 2.45) is 7.05 Å². The number of aromatic amines is 1. The second-order valence-electron chi connectivity index (χ2n) is 9.90. The van der Waals surface area contributed by atoms with Crippen LogP contribution in [0.15, 0.2) is 70.9 Å². The van der Waals surface area contributed by atoms with Gasteiger partial charge in [0.1, 0.15) is 18.4 Å². The number of aromatic nitrogens is 5. The molecule has 0 amide bonds. The maximum atomic E-state index is 13.6. The first kappa shape index (κ1) is 31.3. The zero-order valence-corrected chi connectivity index (χ0v) is 25.2. The van der Waals surface area contributed by atoms with Crippen LogP contribution in [0.25, 0.3) is 0 Å². The number of nitrogens with zero attached hydrogens (tertiary/aromatic N) is 6. The van der Waals surface area contributed by atoms with E-state index >= 15 is 0 Å². The fourth-order valence-electron chi connectivity index (χ4n) is 5.31. The lowest BCUT2D eigenvalue weighted by Crippen LogP contribution is -3.00. The number of alkyl halides is 3. The van der Waals surface area contributed by atoms with E-state index in [0.29, 0.717) is 29.7 Å². The molecule has 4 aromatic rings. The van der Waals surface area contributed by atoms with Crippen LogP contribution in [0, 0.1) is 18.3 Å². The van der Waals surface area contributed by atoms with Crippen LogP contribution in [0.5, 0.6) is 0 Å². The molecule has 0 spiro atoms. The van der Waals surface area contributed by atoms with Crippen molar-refractivity contribution in [3.63, 3.8) is 0 Å². The number of carbonyl (C=O) groups is 1. The van der Waals surface area contributed by atoms with Crippen LogP contribution in [0.4, 0.5) is 24.8 Å². The molecule has 0 fully saturated rings. The summed E-state index contributed by atoms with van der Waals surface area (Å²) in [6, 6.07) is 10.6. The second kappa shape index (κ2) is 11.9. The summed E-state index contributed by atoms with van der Waals surface area (Å²) in [6.45, 7) is 4.07. The highest BCUT2D eigenvalue weighted by atomic mass is 79.9. The fourth-order valence-corrected chi connectivity index (χ4v) is 5.31. The first-order valence-corrected chi connectivity index (χ1v) is 12.9. The van der Waals surface area contributed by atoms with E-state index in [1.807, 2.05) is 35.5 Å². The normalized spacial score (nSPS) is 14.7. The average molecular weight is 658 g/mol. The maximum Gasteiger partial charge on any atom is 0.416 e. The van der Waals surface area contributed by atoms with Crippen LogP contribution < -0.4 is 32.1 Å². The van der Waals surface area contributed by atoms with Gasteiger partial charge in [-0.15, -0.1) is 5.10 Å². The van der Waals surface area contributed by atoms with Crippen molar-refractivity contribution < 1.29 is 44.3 Å². The van der Waals surface area contributed by atoms with Gasteiger partial charge in [-0.05, 0) is 48.4 Å². The molecule has 0 aliphatic carbocycles. The SMILES string of the molecule is COC(=O)C1=C(C)N(c2cccc(C(F)(F)F)c2)c2n[nH]c(=O)n2[C@@H]1c1ccc(C#N)cc1CC[n+]1ccn(C)c1C.[Br-]. The lowest BCUT2D eigenvalue weighted by atomic mass is 9.89. The summed E-state index contributed by atoms with van der Waals surface area (Å²) in [5.74, 6) is 0.233. The molecule has 1 atom stereocenters. The third kappa shape index (κ3) is 5.60. The molecule has 43 heavy (non-hydrogen) atoms. The van der Waals surface area contributed by atoms with Gasteiger partial charge in [-0.3, -0.25) is 4.90 Å². The molecule has 5 rings (SSSR count). The highest BCUT2D eigenvalue weighted by molar-refractivity contribution is 5.93. The maximum absolute atomic E-state index is 13.6. The minimum atomic E-state index is -4.62. The highest BCUT2D eigenvalue weighted by Gasteiger charge is 2.41. The van der Waals surface area contributed by atoms with E-state index in [2.05, 4.69) is 16.3 Å². The first-order valence-electron chi connectivity index (χ1n) is 12.9. The number of H-pyrrole nitrogens is 1. The Kier molecular flexibility index (Phi) is 8.68. The fraction of sp³-hybridized carbons (Fsp3) is 0.276. The number of carbonyl (C=O) groups excluding carboxylic acids is 1. The number of nitriles is 1. The Bertz CT molecular complexity index is 1830. The Morgan fingerprint density at radius 2 is 1.95 bits per heavy atom. The molecular formula is C29H27BrF3N7O3. The van der Waals surface area contributed by atoms with Gasteiger partial charge in [-0.1, -0.05) is 12.1 Å². The molecule has 0 saturated carbocycles. The summed E-state index contributed by atoms with van der Waals surface area (Å²) in [5.41, 5.74) is 0.406. The number of nitrogens with one attached hydrogen (secondary N) is 1. The minimum absolute atomic E-state index is 0. The van der Waals surface area contributed by atoms with Gasteiger partial charge >= 0.3 is 17.8 Å². The number of ether oxygens (including phenoxy) is 1. The van der Waals surface area contributed by atoms with Crippen molar-refractivity contribution in [1.29, 1.82) is 5.26 Å². The van der Waals surface area contributed by atoms with Gasteiger partial charge in [-0.25, -0.2) is 28.4 Å². The number of halogens is 4.